The Labute approximate surface area is 168 Å². The number of hydrogen-bond donors (Lipinski definition) is 0. The predicted octanol–water partition coefficient (Wildman–Crippen LogP) is 0.505. The molecule has 154 valence electrons. The molecule has 0 N–H and O–H groups in total. The number of anilines is 1. The second-order valence-corrected chi connectivity index (χ2v) is 7.86. The van der Waals surface area contributed by atoms with Crippen LogP contribution >= 0.6 is 0 Å². The summed E-state index contributed by atoms with van der Waals surface area (Å²) in [6.45, 7) is 6.06. The molecule has 2 saturated heterocycles. The zero-order valence-corrected chi connectivity index (χ0v) is 17.0. The van der Waals surface area contributed by atoms with E-state index in [0.717, 1.165) is 0 Å². The van der Waals surface area contributed by atoms with Crippen molar-refractivity contribution in [3.05, 3.63) is 29.4 Å². The van der Waals surface area contributed by atoms with E-state index >= 15 is 0 Å². The molecule has 1 atom stereocenters. The number of rotatable bonds is 2. The molecular weight excluding hydrogens is 376 g/mol. The molecule has 0 saturated carbocycles. The zero-order chi connectivity index (χ0) is 20.9. The van der Waals surface area contributed by atoms with Crippen LogP contribution in [0.5, 0.6) is 0 Å². The quantitative estimate of drug-likeness (QED) is 0.727. The Morgan fingerprint density at radius 1 is 1.24 bits per heavy atom. The van der Waals surface area contributed by atoms with Gasteiger partial charge in [-0.1, -0.05) is 5.16 Å². The second kappa shape index (κ2) is 6.71. The molecule has 2 aliphatic heterocycles. The smallest absolute Gasteiger partial charge is 0.259 e. The van der Waals surface area contributed by atoms with Gasteiger partial charge < -0.3 is 19.2 Å². The summed E-state index contributed by atoms with van der Waals surface area (Å²) in [4.78, 5) is 43.2. The van der Waals surface area contributed by atoms with E-state index < -0.39 is 5.54 Å². The van der Waals surface area contributed by atoms with E-state index in [0.29, 0.717) is 48.8 Å². The van der Waals surface area contributed by atoms with Crippen LogP contribution < -0.4 is 4.90 Å². The van der Waals surface area contributed by atoms with Gasteiger partial charge in [0, 0.05) is 33.3 Å². The van der Waals surface area contributed by atoms with Gasteiger partial charge in [0.15, 0.2) is 0 Å². The van der Waals surface area contributed by atoms with E-state index in [-0.39, 0.29) is 24.3 Å². The third-order valence-corrected chi connectivity index (χ3v) is 5.87. The lowest BCUT2D eigenvalue weighted by Crippen LogP contribution is -2.67. The normalized spacial score (nSPS) is 22.1. The molecule has 2 aromatic heterocycles. The summed E-state index contributed by atoms with van der Waals surface area (Å²) in [6.07, 6.45) is 4.00. The van der Waals surface area contributed by atoms with Crippen LogP contribution in [0.1, 0.15) is 35.2 Å². The van der Waals surface area contributed by atoms with E-state index in [4.69, 9.17) is 4.52 Å². The molecule has 0 radical (unpaired) electrons. The van der Waals surface area contributed by atoms with Gasteiger partial charge in [0.25, 0.3) is 5.91 Å². The van der Waals surface area contributed by atoms with Gasteiger partial charge in [-0.05, 0) is 20.3 Å². The Morgan fingerprint density at radius 2 is 2.00 bits per heavy atom. The molecule has 4 rings (SSSR count). The summed E-state index contributed by atoms with van der Waals surface area (Å²) < 4.78 is 6.77. The largest absolute Gasteiger partial charge is 0.361 e. The first-order chi connectivity index (χ1) is 13.7. The lowest BCUT2D eigenvalue weighted by molar-refractivity contribution is -0.142. The number of aromatic nitrogens is 3. The number of likely N-dealkylation sites (tertiary alicyclic amines) is 1. The highest BCUT2D eigenvalue weighted by molar-refractivity contribution is 5.99. The van der Waals surface area contributed by atoms with Crippen molar-refractivity contribution in [2.45, 2.75) is 32.7 Å². The van der Waals surface area contributed by atoms with Crippen LogP contribution in [0, 0.1) is 13.8 Å². The predicted molar refractivity (Wildman–Crippen MR) is 102 cm³/mol. The maximum atomic E-state index is 13.1. The van der Waals surface area contributed by atoms with Gasteiger partial charge in [-0.25, -0.2) is 0 Å². The minimum atomic E-state index is -0.635. The summed E-state index contributed by atoms with van der Waals surface area (Å²) in [6, 6.07) is 0. The monoisotopic (exact) mass is 400 g/mol. The van der Waals surface area contributed by atoms with Gasteiger partial charge in [0.2, 0.25) is 11.8 Å². The molecule has 2 aromatic rings. The number of hydrogen-bond acceptors (Lipinski definition) is 6. The number of aryl methyl sites for hydroxylation is 3. The van der Waals surface area contributed by atoms with E-state index in [9.17, 15) is 14.4 Å². The van der Waals surface area contributed by atoms with E-state index in [1.54, 1.807) is 52.7 Å². The van der Waals surface area contributed by atoms with Gasteiger partial charge >= 0.3 is 0 Å². The highest BCUT2D eigenvalue weighted by Gasteiger charge is 2.51. The lowest BCUT2D eigenvalue weighted by atomic mass is 9.92. The fraction of sp³-hybridized carbons (Fsp3) is 0.526. The van der Waals surface area contributed by atoms with Gasteiger partial charge in [0.05, 0.1) is 29.7 Å². The number of piperazine rings is 1. The molecular formula is C19H24N6O4. The maximum Gasteiger partial charge on any atom is 0.259 e. The zero-order valence-electron chi connectivity index (χ0n) is 17.0. The molecule has 0 unspecified atom stereocenters. The van der Waals surface area contributed by atoms with Crippen LogP contribution in [0.4, 0.5) is 5.69 Å². The third-order valence-electron chi connectivity index (χ3n) is 5.87. The van der Waals surface area contributed by atoms with E-state index in [1.807, 2.05) is 0 Å². The van der Waals surface area contributed by atoms with Gasteiger partial charge in [-0.2, -0.15) is 5.10 Å². The minimum Gasteiger partial charge on any atom is -0.361 e. The van der Waals surface area contributed by atoms with Crippen LogP contribution in [0.3, 0.4) is 0 Å². The molecule has 0 aliphatic carbocycles. The second-order valence-electron chi connectivity index (χ2n) is 7.86. The van der Waals surface area contributed by atoms with E-state index in [2.05, 4.69) is 10.3 Å². The summed E-state index contributed by atoms with van der Waals surface area (Å²) in [5.41, 5.74) is 1.07. The minimum absolute atomic E-state index is 0.0163. The molecule has 10 nitrogen and oxygen atoms in total. The first-order valence-corrected chi connectivity index (χ1v) is 9.51. The average Bonchev–Trinajstić information content (AvgIpc) is 3.36. The Hall–Kier alpha value is -3.17. The fourth-order valence-corrected chi connectivity index (χ4v) is 4.41. The van der Waals surface area contributed by atoms with Crippen molar-refractivity contribution >= 4 is 23.4 Å². The van der Waals surface area contributed by atoms with Crippen LogP contribution in [0.15, 0.2) is 16.9 Å². The van der Waals surface area contributed by atoms with Crippen LogP contribution in [0.25, 0.3) is 0 Å². The van der Waals surface area contributed by atoms with Crippen molar-refractivity contribution in [2.24, 2.45) is 7.05 Å². The number of carbonyl (C=O) groups is 3. The van der Waals surface area contributed by atoms with Gasteiger partial charge in [-0.15, -0.1) is 0 Å². The Kier molecular flexibility index (Phi) is 4.44. The summed E-state index contributed by atoms with van der Waals surface area (Å²) in [5, 5.41) is 8.02. The topological polar surface area (TPSA) is 105 Å². The summed E-state index contributed by atoms with van der Waals surface area (Å²) in [5.74, 6) is -0.00992. The summed E-state index contributed by atoms with van der Waals surface area (Å²) in [7, 11) is 1.79. The van der Waals surface area contributed by atoms with Crippen molar-refractivity contribution in [3.8, 4) is 0 Å². The van der Waals surface area contributed by atoms with Gasteiger partial charge in [-0.3, -0.25) is 19.1 Å². The number of nitrogens with zero attached hydrogens (tertiary/aromatic N) is 6. The molecule has 1 spiro atoms. The highest BCUT2D eigenvalue weighted by Crippen LogP contribution is 2.35. The number of amides is 3. The molecule has 3 amide bonds. The lowest BCUT2D eigenvalue weighted by Gasteiger charge is -2.47. The molecule has 10 heteroatoms. The molecule has 0 bridgehead atoms. The molecule has 0 aromatic carbocycles. The molecule has 2 fully saturated rings. The van der Waals surface area contributed by atoms with Gasteiger partial charge in [0.1, 0.15) is 17.9 Å². The van der Waals surface area contributed by atoms with Crippen molar-refractivity contribution < 1.29 is 18.9 Å². The SMILES string of the molecule is CC(=O)N1CC(=O)N(c2cnn(C)c2)C[C@]12CCN(C(=O)c1c(C)noc1C)C2. The Balaban J connectivity index is 1.64. The van der Waals surface area contributed by atoms with Crippen LogP contribution in [-0.4, -0.2) is 74.2 Å². The van der Waals surface area contributed by atoms with Crippen molar-refractivity contribution in [1.82, 2.24) is 24.7 Å². The van der Waals surface area contributed by atoms with Crippen LogP contribution in [-0.2, 0) is 16.6 Å². The standard InChI is InChI=1S/C19H24N6O4/c1-12-17(13(2)29-21-12)18(28)23-6-5-19(10-23)11-24(15-7-20-22(4)8-15)16(27)9-25(19)14(3)26/h7-8H,5-6,9-11H2,1-4H3/t19-/m1/s1. The molecule has 2 aliphatic rings. The Bertz CT molecular complexity index is 975. The Morgan fingerprint density at radius 3 is 2.59 bits per heavy atom. The van der Waals surface area contributed by atoms with Crippen molar-refractivity contribution in [3.63, 3.8) is 0 Å². The van der Waals surface area contributed by atoms with E-state index in [1.165, 1.54) is 6.92 Å². The summed E-state index contributed by atoms with van der Waals surface area (Å²) >= 11 is 0. The molecule has 29 heavy (non-hydrogen) atoms. The first-order valence-electron chi connectivity index (χ1n) is 9.51. The average molecular weight is 400 g/mol. The maximum absolute atomic E-state index is 13.1. The third kappa shape index (κ3) is 3.08. The highest BCUT2D eigenvalue weighted by atomic mass is 16.5. The van der Waals surface area contributed by atoms with Crippen molar-refractivity contribution in [1.29, 1.82) is 0 Å². The fourth-order valence-electron chi connectivity index (χ4n) is 4.41. The van der Waals surface area contributed by atoms with Crippen molar-refractivity contribution in [2.75, 3.05) is 31.1 Å². The number of carbonyl (C=O) groups excluding carboxylic acids is 3. The first kappa shape index (κ1) is 19.2. The molecule has 4 heterocycles. The van der Waals surface area contributed by atoms with Crippen LogP contribution in [0.2, 0.25) is 0 Å².